The van der Waals surface area contributed by atoms with Crippen molar-refractivity contribution in [3.63, 3.8) is 0 Å². The minimum absolute atomic E-state index is 0.211. The van der Waals surface area contributed by atoms with Gasteiger partial charge in [-0.05, 0) is 12.8 Å². The molecule has 90 valence electrons. The van der Waals surface area contributed by atoms with Crippen molar-refractivity contribution in [2.45, 2.75) is 51.0 Å². The van der Waals surface area contributed by atoms with Gasteiger partial charge in [0.25, 0.3) is 0 Å². The number of ketones is 1. The average molecular weight is 221 g/mol. The minimum Gasteiger partial charge on any atom is -0.375 e. The predicted octanol–water partition coefficient (Wildman–Crippen LogP) is 3.30. The normalized spacial score (nSPS) is 16.8. The molecule has 0 aromatic carbocycles. The molecule has 1 aliphatic rings. The first kappa shape index (κ1) is 13.0. The van der Waals surface area contributed by atoms with E-state index in [0.29, 0.717) is 18.9 Å². The van der Waals surface area contributed by atoms with Gasteiger partial charge in [-0.1, -0.05) is 31.9 Å². The first-order chi connectivity index (χ1) is 7.65. The van der Waals surface area contributed by atoms with Crippen LogP contribution in [0.25, 0.3) is 0 Å². The SMILES string of the molecule is C=CCC(=O)CC(=C)N(C)C1CCCCC1. The maximum Gasteiger partial charge on any atom is 0.142 e. The van der Waals surface area contributed by atoms with Gasteiger partial charge >= 0.3 is 0 Å². The number of hydrogen-bond acceptors (Lipinski definition) is 2. The molecule has 2 heteroatoms. The summed E-state index contributed by atoms with van der Waals surface area (Å²) in [6.07, 6.45) is 9.04. The largest absolute Gasteiger partial charge is 0.375 e. The van der Waals surface area contributed by atoms with Crippen molar-refractivity contribution in [3.8, 4) is 0 Å². The van der Waals surface area contributed by atoms with E-state index in [0.717, 1.165) is 5.70 Å². The van der Waals surface area contributed by atoms with Gasteiger partial charge in [-0.15, -0.1) is 6.58 Å². The number of nitrogens with zero attached hydrogens (tertiary/aromatic N) is 1. The Kier molecular flexibility index (Phi) is 5.30. The number of carbonyl (C=O) groups is 1. The highest BCUT2D eigenvalue weighted by Crippen LogP contribution is 2.24. The molecule has 16 heavy (non-hydrogen) atoms. The molecular weight excluding hydrogens is 198 g/mol. The Morgan fingerprint density at radius 3 is 2.56 bits per heavy atom. The molecule has 0 spiro atoms. The van der Waals surface area contributed by atoms with Crippen LogP contribution < -0.4 is 0 Å². The summed E-state index contributed by atoms with van der Waals surface area (Å²) in [5.74, 6) is 0.211. The Balaban J connectivity index is 2.39. The van der Waals surface area contributed by atoms with Gasteiger partial charge in [0.1, 0.15) is 5.78 Å². The topological polar surface area (TPSA) is 20.3 Å². The Labute approximate surface area is 99.0 Å². The van der Waals surface area contributed by atoms with E-state index in [1.54, 1.807) is 6.08 Å². The van der Waals surface area contributed by atoms with Gasteiger partial charge in [-0.25, -0.2) is 0 Å². The van der Waals surface area contributed by atoms with E-state index >= 15 is 0 Å². The number of Topliss-reactive ketones (excluding diaryl/α,β-unsaturated/α-hetero) is 1. The molecule has 0 radical (unpaired) electrons. The summed E-state index contributed by atoms with van der Waals surface area (Å²) >= 11 is 0. The fourth-order valence-electron chi connectivity index (χ4n) is 2.31. The van der Waals surface area contributed by atoms with E-state index in [4.69, 9.17) is 0 Å². The van der Waals surface area contributed by atoms with Gasteiger partial charge in [-0.2, -0.15) is 0 Å². The van der Waals surface area contributed by atoms with Crippen molar-refractivity contribution >= 4 is 5.78 Å². The van der Waals surface area contributed by atoms with E-state index in [-0.39, 0.29) is 5.78 Å². The molecule has 1 rings (SSSR count). The van der Waals surface area contributed by atoms with Crippen LogP contribution in [0, 0.1) is 0 Å². The highest BCUT2D eigenvalue weighted by Gasteiger charge is 2.19. The van der Waals surface area contributed by atoms with Gasteiger partial charge in [0.2, 0.25) is 0 Å². The molecule has 0 amide bonds. The lowest BCUT2D eigenvalue weighted by atomic mass is 9.94. The van der Waals surface area contributed by atoms with E-state index in [9.17, 15) is 4.79 Å². The van der Waals surface area contributed by atoms with Crippen LogP contribution in [0.15, 0.2) is 24.9 Å². The van der Waals surface area contributed by atoms with Crippen LogP contribution in [0.4, 0.5) is 0 Å². The summed E-state index contributed by atoms with van der Waals surface area (Å²) in [5, 5.41) is 0. The Hall–Kier alpha value is -1.05. The molecule has 1 saturated carbocycles. The molecule has 0 atom stereocenters. The molecule has 0 bridgehead atoms. The zero-order chi connectivity index (χ0) is 12.0. The Bertz CT molecular complexity index is 264. The summed E-state index contributed by atoms with van der Waals surface area (Å²) in [7, 11) is 2.07. The first-order valence-corrected chi connectivity index (χ1v) is 6.18. The third-order valence-corrected chi connectivity index (χ3v) is 3.39. The van der Waals surface area contributed by atoms with Crippen molar-refractivity contribution in [1.82, 2.24) is 4.90 Å². The zero-order valence-corrected chi connectivity index (χ0v) is 10.4. The summed E-state index contributed by atoms with van der Waals surface area (Å²) in [4.78, 5) is 13.7. The van der Waals surface area contributed by atoms with Crippen molar-refractivity contribution < 1.29 is 4.79 Å². The molecule has 0 saturated heterocycles. The highest BCUT2D eigenvalue weighted by molar-refractivity contribution is 5.81. The van der Waals surface area contributed by atoms with Crippen LogP contribution in [0.1, 0.15) is 44.9 Å². The van der Waals surface area contributed by atoms with Gasteiger partial charge in [-0.3, -0.25) is 4.79 Å². The number of allylic oxidation sites excluding steroid dienone is 2. The van der Waals surface area contributed by atoms with Gasteiger partial charge in [0, 0.05) is 31.6 Å². The molecule has 2 nitrogen and oxygen atoms in total. The highest BCUT2D eigenvalue weighted by atomic mass is 16.1. The monoisotopic (exact) mass is 221 g/mol. The van der Waals surface area contributed by atoms with Crippen LogP contribution in [0.2, 0.25) is 0 Å². The fourth-order valence-corrected chi connectivity index (χ4v) is 2.31. The van der Waals surface area contributed by atoms with Crippen LogP contribution in [0.3, 0.4) is 0 Å². The Morgan fingerprint density at radius 1 is 1.38 bits per heavy atom. The standard InChI is InChI=1S/C14H23NO/c1-4-8-14(16)11-12(2)15(3)13-9-6-5-7-10-13/h4,13H,1-2,5-11H2,3H3. The molecule has 0 aromatic rings. The van der Waals surface area contributed by atoms with Crippen molar-refractivity contribution in [3.05, 3.63) is 24.9 Å². The minimum atomic E-state index is 0.211. The predicted molar refractivity (Wildman–Crippen MR) is 68.2 cm³/mol. The third-order valence-electron chi connectivity index (χ3n) is 3.39. The first-order valence-electron chi connectivity index (χ1n) is 6.18. The molecule has 0 N–H and O–H groups in total. The third kappa shape index (κ3) is 3.84. The maximum absolute atomic E-state index is 11.5. The van der Waals surface area contributed by atoms with Gasteiger partial charge < -0.3 is 4.90 Å². The summed E-state index contributed by atoms with van der Waals surface area (Å²) < 4.78 is 0. The van der Waals surface area contributed by atoms with Crippen molar-refractivity contribution in [2.75, 3.05) is 7.05 Å². The van der Waals surface area contributed by atoms with Crippen LogP contribution in [0.5, 0.6) is 0 Å². The molecular formula is C14H23NO. The molecule has 0 unspecified atom stereocenters. The van der Waals surface area contributed by atoms with E-state index < -0.39 is 0 Å². The lowest BCUT2D eigenvalue weighted by molar-refractivity contribution is -0.117. The number of hydrogen-bond donors (Lipinski definition) is 0. The summed E-state index contributed by atoms with van der Waals surface area (Å²) in [6.45, 7) is 7.60. The van der Waals surface area contributed by atoms with E-state index in [1.807, 2.05) is 0 Å². The second kappa shape index (κ2) is 6.51. The molecule has 0 aromatic heterocycles. The fraction of sp³-hybridized carbons (Fsp3) is 0.643. The quantitative estimate of drug-likeness (QED) is 0.641. The van der Waals surface area contributed by atoms with Crippen molar-refractivity contribution in [2.24, 2.45) is 0 Å². The molecule has 1 aliphatic carbocycles. The van der Waals surface area contributed by atoms with Crippen LogP contribution >= 0.6 is 0 Å². The smallest absolute Gasteiger partial charge is 0.142 e. The summed E-state index contributed by atoms with van der Waals surface area (Å²) in [6, 6.07) is 0.595. The van der Waals surface area contributed by atoms with Crippen molar-refractivity contribution in [1.29, 1.82) is 0 Å². The second-order valence-corrected chi connectivity index (χ2v) is 4.68. The second-order valence-electron chi connectivity index (χ2n) is 4.68. The number of carbonyl (C=O) groups excluding carboxylic acids is 1. The Morgan fingerprint density at radius 2 is 2.00 bits per heavy atom. The van der Waals surface area contributed by atoms with E-state index in [1.165, 1.54) is 32.1 Å². The van der Waals surface area contributed by atoms with Crippen LogP contribution in [-0.4, -0.2) is 23.8 Å². The van der Waals surface area contributed by atoms with Gasteiger partial charge in [0.15, 0.2) is 0 Å². The maximum atomic E-state index is 11.5. The lowest BCUT2D eigenvalue weighted by Crippen LogP contribution is -2.33. The average Bonchev–Trinajstić information content (AvgIpc) is 2.29. The summed E-state index contributed by atoms with van der Waals surface area (Å²) in [5.41, 5.74) is 0.957. The van der Waals surface area contributed by atoms with E-state index in [2.05, 4.69) is 25.1 Å². The van der Waals surface area contributed by atoms with Gasteiger partial charge in [0.05, 0.1) is 0 Å². The molecule has 1 fully saturated rings. The number of rotatable bonds is 6. The van der Waals surface area contributed by atoms with Crippen LogP contribution in [-0.2, 0) is 4.79 Å². The zero-order valence-electron chi connectivity index (χ0n) is 10.4. The molecule has 0 heterocycles. The lowest BCUT2D eigenvalue weighted by Gasteiger charge is -2.34. The molecule has 0 aliphatic heterocycles.